The van der Waals surface area contributed by atoms with Gasteiger partial charge in [0.05, 0.1) is 0 Å². The Labute approximate surface area is 110 Å². The molecule has 0 aliphatic rings. The molecular formula is C15H32OSi. The highest BCUT2D eigenvalue weighted by Gasteiger charge is 2.12. The van der Waals surface area contributed by atoms with E-state index in [1.54, 1.807) is 0 Å². The SMILES string of the molecule is CCC/C=C\CCCCCCCO[Si](C)(C)C. The first-order valence-corrected chi connectivity index (χ1v) is 10.8. The fraction of sp³-hybridized carbons (Fsp3) is 0.867. The Kier molecular flexibility index (Phi) is 11.0. The lowest BCUT2D eigenvalue weighted by Crippen LogP contribution is -2.25. The molecule has 0 saturated heterocycles. The van der Waals surface area contributed by atoms with E-state index in [0.717, 1.165) is 6.61 Å². The summed E-state index contributed by atoms with van der Waals surface area (Å²) in [7, 11) is -1.26. The highest BCUT2D eigenvalue weighted by atomic mass is 28.4. The summed E-state index contributed by atoms with van der Waals surface area (Å²) in [5.74, 6) is 0. The summed E-state index contributed by atoms with van der Waals surface area (Å²) in [6.07, 6.45) is 15.1. The van der Waals surface area contributed by atoms with Gasteiger partial charge in [0.1, 0.15) is 0 Å². The van der Waals surface area contributed by atoms with E-state index in [-0.39, 0.29) is 0 Å². The molecule has 0 rings (SSSR count). The van der Waals surface area contributed by atoms with Crippen molar-refractivity contribution in [3.8, 4) is 0 Å². The fourth-order valence-corrected chi connectivity index (χ4v) is 2.43. The van der Waals surface area contributed by atoms with Crippen LogP contribution in [0, 0.1) is 0 Å². The number of rotatable bonds is 11. The predicted octanol–water partition coefficient (Wildman–Crippen LogP) is 5.53. The number of hydrogen-bond acceptors (Lipinski definition) is 1. The summed E-state index contributed by atoms with van der Waals surface area (Å²) in [6.45, 7) is 9.99. The van der Waals surface area contributed by atoms with Gasteiger partial charge in [-0.15, -0.1) is 0 Å². The Balaban J connectivity index is 3.09. The van der Waals surface area contributed by atoms with Gasteiger partial charge in [0.2, 0.25) is 0 Å². The molecule has 0 atom stereocenters. The van der Waals surface area contributed by atoms with Crippen LogP contribution in [0.1, 0.15) is 58.3 Å². The van der Waals surface area contributed by atoms with Crippen LogP contribution in [0.2, 0.25) is 19.6 Å². The van der Waals surface area contributed by atoms with E-state index >= 15 is 0 Å². The minimum absolute atomic E-state index is 0.978. The van der Waals surface area contributed by atoms with E-state index in [2.05, 4.69) is 38.7 Å². The molecule has 0 heterocycles. The van der Waals surface area contributed by atoms with Gasteiger partial charge >= 0.3 is 0 Å². The van der Waals surface area contributed by atoms with Crippen LogP contribution < -0.4 is 0 Å². The fourth-order valence-electron chi connectivity index (χ4n) is 1.68. The average Bonchev–Trinajstić information content (AvgIpc) is 2.24. The second-order valence-electron chi connectivity index (χ2n) is 5.78. The van der Waals surface area contributed by atoms with Crippen molar-refractivity contribution in [1.82, 2.24) is 0 Å². The van der Waals surface area contributed by atoms with Crippen molar-refractivity contribution in [2.75, 3.05) is 6.61 Å². The second-order valence-corrected chi connectivity index (χ2v) is 10.3. The molecule has 0 aliphatic carbocycles. The van der Waals surface area contributed by atoms with E-state index < -0.39 is 8.32 Å². The molecule has 2 heteroatoms. The minimum Gasteiger partial charge on any atom is -0.418 e. The number of unbranched alkanes of at least 4 members (excludes halogenated alkanes) is 6. The summed E-state index contributed by atoms with van der Waals surface area (Å²) < 4.78 is 5.83. The first-order chi connectivity index (χ1) is 8.06. The van der Waals surface area contributed by atoms with Crippen LogP contribution in [0.5, 0.6) is 0 Å². The molecule has 17 heavy (non-hydrogen) atoms. The Morgan fingerprint density at radius 2 is 1.41 bits per heavy atom. The zero-order chi connectivity index (χ0) is 13.0. The van der Waals surface area contributed by atoms with Gasteiger partial charge in [0, 0.05) is 6.61 Å². The molecule has 0 aromatic heterocycles. The Morgan fingerprint density at radius 1 is 0.824 bits per heavy atom. The molecule has 0 unspecified atom stereocenters. The van der Waals surface area contributed by atoms with Gasteiger partial charge in [-0.05, 0) is 45.3 Å². The van der Waals surface area contributed by atoms with Crippen molar-refractivity contribution in [3.05, 3.63) is 12.2 Å². The molecule has 0 N–H and O–H groups in total. The van der Waals surface area contributed by atoms with Crippen molar-refractivity contribution in [2.45, 2.75) is 77.9 Å². The lowest BCUT2D eigenvalue weighted by molar-refractivity contribution is 0.298. The lowest BCUT2D eigenvalue weighted by atomic mass is 10.1. The maximum Gasteiger partial charge on any atom is 0.183 e. The summed E-state index contributed by atoms with van der Waals surface area (Å²) in [5, 5.41) is 0. The first-order valence-electron chi connectivity index (χ1n) is 7.35. The maximum atomic E-state index is 5.83. The highest BCUT2D eigenvalue weighted by molar-refractivity contribution is 6.69. The van der Waals surface area contributed by atoms with Crippen LogP contribution in [-0.4, -0.2) is 14.9 Å². The van der Waals surface area contributed by atoms with Gasteiger partial charge < -0.3 is 4.43 Å². The normalized spacial score (nSPS) is 12.5. The molecule has 1 nitrogen and oxygen atoms in total. The first kappa shape index (κ1) is 16.9. The largest absolute Gasteiger partial charge is 0.418 e. The summed E-state index contributed by atoms with van der Waals surface area (Å²) >= 11 is 0. The molecule has 0 amide bonds. The highest BCUT2D eigenvalue weighted by Crippen LogP contribution is 2.08. The van der Waals surface area contributed by atoms with Gasteiger partial charge in [0.25, 0.3) is 0 Å². The predicted molar refractivity (Wildman–Crippen MR) is 81.0 cm³/mol. The Hall–Kier alpha value is -0.0831. The third-order valence-corrected chi connectivity index (χ3v) is 3.74. The maximum absolute atomic E-state index is 5.83. The van der Waals surface area contributed by atoms with Crippen LogP contribution in [0.25, 0.3) is 0 Å². The lowest BCUT2D eigenvalue weighted by Gasteiger charge is -2.16. The molecule has 0 radical (unpaired) electrons. The summed E-state index contributed by atoms with van der Waals surface area (Å²) in [5.41, 5.74) is 0. The van der Waals surface area contributed by atoms with E-state index in [9.17, 15) is 0 Å². The van der Waals surface area contributed by atoms with Crippen molar-refractivity contribution < 1.29 is 4.43 Å². The number of hydrogen-bond donors (Lipinski definition) is 0. The molecule has 0 fully saturated rings. The number of allylic oxidation sites excluding steroid dienone is 2. The minimum atomic E-state index is -1.26. The van der Waals surface area contributed by atoms with Crippen LogP contribution >= 0.6 is 0 Å². The Morgan fingerprint density at radius 3 is 2.06 bits per heavy atom. The standard InChI is InChI=1S/C15H32OSi/c1-5-6-7-8-9-10-11-12-13-14-15-16-17(2,3)4/h7-8H,5-6,9-15H2,1-4H3/b8-7-. The third kappa shape index (κ3) is 15.9. The average molecular weight is 257 g/mol. The Bertz CT molecular complexity index is 182. The van der Waals surface area contributed by atoms with Crippen molar-refractivity contribution in [2.24, 2.45) is 0 Å². The van der Waals surface area contributed by atoms with Gasteiger partial charge in [-0.25, -0.2) is 0 Å². The molecule has 0 saturated carbocycles. The zero-order valence-electron chi connectivity index (χ0n) is 12.4. The molecule has 0 aliphatic heterocycles. The topological polar surface area (TPSA) is 9.23 Å². The van der Waals surface area contributed by atoms with Gasteiger partial charge in [-0.2, -0.15) is 0 Å². The van der Waals surface area contributed by atoms with Gasteiger partial charge in [-0.3, -0.25) is 0 Å². The van der Waals surface area contributed by atoms with Crippen LogP contribution in [0.4, 0.5) is 0 Å². The van der Waals surface area contributed by atoms with E-state index in [4.69, 9.17) is 4.43 Å². The molecule has 0 aromatic rings. The van der Waals surface area contributed by atoms with Crippen LogP contribution in [0.3, 0.4) is 0 Å². The summed E-state index contributed by atoms with van der Waals surface area (Å²) in [6, 6.07) is 0. The van der Waals surface area contributed by atoms with E-state index in [1.807, 2.05) is 0 Å². The van der Waals surface area contributed by atoms with Crippen LogP contribution in [-0.2, 0) is 4.43 Å². The molecule has 102 valence electrons. The smallest absolute Gasteiger partial charge is 0.183 e. The van der Waals surface area contributed by atoms with Crippen molar-refractivity contribution in [1.29, 1.82) is 0 Å². The van der Waals surface area contributed by atoms with E-state index in [0.29, 0.717) is 0 Å². The summed E-state index contributed by atoms with van der Waals surface area (Å²) in [4.78, 5) is 0. The van der Waals surface area contributed by atoms with Crippen LogP contribution in [0.15, 0.2) is 12.2 Å². The van der Waals surface area contributed by atoms with E-state index in [1.165, 1.54) is 51.4 Å². The van der Waals surface area contributed by atoms with Crippen molar-refractivity contribution >= 4 is 8.32 Å². The quantitative estimate of drug-likeness (QED) is 0.268. The molecular weight excluding hydrogens is 224 g/mol. The molecule has 0 bridgehead atoms. The zero-order valence-corrected chi connectivity index (χ0v) is 13.4. The second kappa shape index (κ2) is 11.0. The van der Waals surface area contributed by atoms with Gasteiger partial charge in [-0.1, -0.05) is 44.8 Å². The van der Waals surface area contributed by atoms with Gasteiger partial charge in [0.15, 0.2) is 8.32 Å². The monoisotopic (exact) mass is 256 g/mol. The third-order valence-electron chi connectivity index (χ3n) is 2.67. The molecule has 0 spiro atoms. The molecule has 0 aromatic carbocycles. The van der Waals surface area contributed by atoms with Crippen molar-refractivity contribution in [3.63, 3.8) is 0 Å².